The van der Waals surface area contributed by atoms with Crippen LogP contribution in [0.4, 0.5) is 11.4 Å². The molecule has 156 valence electrons. The topological polar surface area (TPSA) is 93.7 Å². The summed E-state index contributed by atoms with van der Waals surface area (Å²) < 4.78 is 39.2. The minimum Gasteiger partial charge on any atom is -0.497 e. The van der Waals surface area contributed by atoms with E-state index in [9.17, 15) is 13.2 Å². The molecule has 0 saturated carbocycles. The third-order valence-corrected chi connectivity index (χ3v) is 5.56. The van der Waals surface area contributed by atoms with Crippen molar-refractivity contribution in [2.75, 3.05) is 17.1 Å². The molecule has 0 heterocycles. The van der Waals surface area contributed by atoms with E-state index < -0.39 is 10.0 Å². The molecule has 0 aliphatic heterocycles. The summed E-state index contributed by atoms with van der Waals surface area (Å²) in [7, 11) is -2.39. The number of nitrogens with one attached hydrogen (secondary N) is 2. The van der Waals surface area contributed by atoms with Crippen molar-refractivity contribution in [1.29, 1.82) is 0 Å². The van der Waals surface area contributed by atoms with Gasteiger partial charge in [-0.25, -0.2) is 8.42 Å². The van der Waals surface area contributed by atoms with Crippen LogP contribution in [0.25, 0.3) is 0 Å². The fraction of sp³-hybridized carbons (Fsp3) is 0.0952. The van der Waals surface area contributed by atoms with Crippen molar-refractivity contribution in [3.05, 3.63) is 71.8 Å². The van der Waals surface area contributed by atoms with Crippen LogP contribution < -0.4 is 19.5 Å². The Kier molecular flexibility index (Phi) is 6.49. The van der Waals surface area contributed by atoms with Crippen LogP contribution in [0.3, 0.4) is 0 Å². The van der Waals surface area contributed by atoms with Crippen molar-refractivity contribution >= 4 is 38.9 Å². The van der Waals surface area contributed by atoms with Crippen molar-refractivity contribution in [3.8, 4) is 17.2 Å². The number of hydrogen-bond acceptors (Lipinski definition) is 5. The van der Waals surface area contributed by atoms with E-state index in [2.05, 4.69) is 10.0 Å². The molecule has 3 rings (SSSR count). The van der Waals surface area contributed by atoms with E-state index in [4.69, 9.17) is 21.1 Å². The molecule has 0 unspecified atom stereocenters. The Hall–Kier alpha value is -3.23. The number of carbonyl (C=O) groups excluding carboxylic acids is 1. The molecule has 7 nitrogen and oxygen atoms in total. The van der Waals surface area contributed by atoms with Gasteiger partial charge in [0.1, 0.15) is 11.5 Å². The summed E-state index contributed by atoms with van der Waals surface area (Å²) in [6.45, 7) is 1.37. The summed E-state index contributed by atoms with van der Waals surface area (Å²) in [5, 5.41) is 2.92. The predicted molar refractivity (Wildman–Crippen MR) is 116 cm³/mol. The van der Waals surface area contributed by atoms with E-state index in [1.165, 1.54) is 44.4 Å². The van der Waals surface area contributed by atoms with E-state index in [-0.39, 0.29) is 22.2 Å². The molecule has 3 aromatic rings. The lowest BCUT2D eigenvalue weighted by Gasteiger charge is -2.14. The number of methoxy groups -OCH3 is 1. The van der Waals surface area contributed by atoms with Crippen molar-refractivity contribution in [2.45, 2.75) is 11.8 Å². The average molecular weight is 447 g/mol. The van der Waals surface area contributed by atoms with Crippen LogP contribution in [0.5, 0.6) is 17.2 Å². The minimum atomic E-state index is -3.93. The first-order valence-corrected chi connectivity index (χ1v) is 10.6. The summed E-state index contributed by atoms with van der Waals surface area (Å²) in [4.78, 5) is 11.1. The standard InChI is InChI=1S/C21H19ClN2O5S/c1-14(25)23-16-7-9-19(10-8-16)30(26,27)24-20-12-15(22)6-11-21(20)29-18-5-3-4-17(13-18)28-2/h3-13,24H,1-2H3,(H,23,25). The number of amides is 1. The number of rotatable bonds is 7. The molecule has 0 bridgehead atoms. The van der Waals surface area contributed by atoms with E-state index in [0.29, 0.717) is 22.2 Å². The summed E-state index contributed by atoms with van der Waals surface area (Å²) in [6.07, 6.45) is 0. The Morgan fingerprint density at radius 1 is 0.967 bits per heavy atom. The maximum absolute atomic E-state index is 12.8. The highest BCUT2D eigenvalue weighted by molar-refractivity contribution is 7.92. The second-order valence-corrected chi connectivity index (χ2v) is 8.35. The molecule has 0 aromatic heterocycles. The van der Waals surface area contributed by atoms with Crippen molar-refractivity contribution in [2.24, 2.45) is 0 Å². The Balaban J connectivity index is 1.87. The van der Waals surface area contributed by atoms with Crippen LogP contribution >= 0.6 is 11.6 Å². The van der Waals surface area contributed by atoms with Gasteiger partial charge in [0.25, 0.3) is 10.0 Å². The normalized spacial score (nSPS) is 10.9. The molecule has 0 saturated heterocycles. The van der Waals surface area contributed by atoms with E-state index >= 15 is 0 Å². The van der Waals surface area contributed by atoms with Crippen LogP contribution in [0.15, 0.2) is 71.6 Å². The molecular formula is C21H19ClN2O5S. The van der Waals surface area contributed by atoms with Crippen LogP contribution in [0.1, 0.15) is 6.92 Å². The maximum atomic E-state index is 12.8. The molecule has 0 spiro atoms. The van der Waals surface area contributed by atoms with Gasteiger partial charge in [0.05, 0.1) is 17.7 Å². The highest BCUT2D eigenvalue weighted by Gasteiger charge is 2.18. The van der Waals surface area contributed by atoms with Crippen molar-refractivity contribution in [3.63, 3.8) is 0 Å². The molecule has 2 N–H and O–H groups in total. The average Bonchev–Trinajstić information content (AvgIpc) is 2.70. The van der Waals surface area contributed by atoms with Gasteiger partial charge in [0.2, 0.25) is 5.91 Å². The van der Waals surface area contributed by atoms with Crippen LogP contribution in [-0.4, -0.2) is 21.4 Å². The lowest BCUT2D eigenvalue weighted by atomic mass is 10.3. The second kappa shape index (κ2) is 9.06. The number of ether oxygens (including phenoxy) is 2. The number of halogens is 1. The SMILES string of the molecule is COc1cccc(Oc2ccc(Cl)cc2NS(=O)(=O)c2ccc(NC(C)=O)cc2)c1. The van der Waals surface area contributed by atoms with Gasteiger partial charge in [-0.05, 0) is 54.6 Å². The predicted octanol–water partition coefficient (Wildman–Crippen LogP) is 4.90. The summed E-state index contributed by atoms with van der Waals surface area (Å²) in [6, 6.07) is 17.3. The van der Waals surface area contributed by atoms with Gasteiger partial charge in [-0.3, -0.25) is 9.52 Å². The lowest BCUT2D eigenvalue weighted by Crippen LogP contribution is -2.14. The maximum Gasteiger partial charge on any atom is 0.262 e. The fourth-order valence-electron chi connectivity index (χ4n) is 2.59. The lowest BCUT2D eigenvalue weighted by molar-refractivity contribution is -0.114. The molecule has 0 atom stereocenters. The Morgan fingerprint density at radius 2 is 1.67 bits per heavy atom. The molecule has 9 heteroatoms. The van der Waals surface area contributed by atoms with Crippen molar-refractivity contribution < 1.29 is 22.7 Å². The van der Waals surface area contributed by atoms with Crippen LogP contribution in [0.2, 0.25) is 5.02 Å². The monoisotopic (exact) mass is 446 g/mol. The molecule has 3 aromatic carbocycles. The van der Waals surface area contributed by atoms with Gasteiger partial charge >= 0.3 is 0 Å². The summed E-state index contributed by atoms with van der Waals surface area (Å²) >= 11 is 6.06. The minimum absolute atomic E-state index is 0.0175. The Labute approximate surface area is 179 Å². The highest BCUT2D eigenvalue weighted by atomic mass is 35.5. The highest BCUT2D eigenvalue weighted by Crippen LogP contribution is 2.34. The Morgan fingerprint density at radius 3 is 2.33 bits per heavy atom. The zero-order valence-electron chi connectivity index (χ0n) is 16.2. The number of sulfonamides is 1. The molecule has 0 aliphatic rings. The van der Waals surface area contributed by atoms with E-state index in [1.807, 2.05) is 0 Å². The number of anilines is 2. The summed E-state index contributed by atoms with van der Waals surface area (Å²) in [5.41, 5.74) is 0.669. The van der Waals surface area contributed by atoms with Gasteiger partial charge in [0.15, 0.2) is 5.75 Å². The number of carbonyl (C=O) groups is 1. The Bertz CT molecular complexity index is 1160. The van der Waals surface area contributed by atoms with Crippen molar-refractivity contribution in [1.82, 2.24) is 0 Å². The zero-order valence-corrected chi connectivity index (χ0v) is 17.8. The van der Waals surface area contributed by atoms with Gasteiger partial charge < -0.3 is 14.8 Å². The van der Waals surface area contributed by atoms with Gasteiger partial charge in [-0.15, -0.1) is 0 Å². The second-order valence-electron chi connectivity index (χ2n) is 6.23. The fourth-order valence-corrected chi connectivity index (χ4v) is 3.82. The van der Waals surface area contributed by atoms with Gasteiger partial charge in [0, 0.05) is 23.7 Å². The molecule has 0 fully saturated rings. The van der Waals surface area contributed by atoms with Gasteiger partial charge in [-0.2, -0.15) is 0 Å². The quantitative estimate of drug-likeness (QED) is 0.538. The number of hydrogen-bond donors (Lipinski definition) is 2. The van der Waals surface area contributed by atoms with E-state index in [0.717, 1.165) is 0 Å². The molecule has 0 radical (unpaired) electrons. The van der Waals surface area contributed by atoms with Crippen LogP contribution in [0, 0.1) is 0 Å². The largest absolute Gasteiger partial charge is 0.497 e. The summed E-state index contributed by atoms with van der Waals surface area (Å²) in [5.74, 6) is 1.09. The molecule has 0 aliphatic carbocycles. The third kappa shape index (κ3) is 5.43. The molecule has 1 amide bonds. The number of benzene rings is 3. The molecular weight excluding hydrogens is 428 g/mol. The van der Waals surface area contributed by atoms with Crippen LogP contribution in [-0.2, 0) is 14.8 Å². The first-order chi connectivity index (χ1) is 14.3. The van der Waals surface area contributed by atoms with Gasteiger partial charge in [-0.1, -0.05) is 17.7 Å². The first-order valence-electron chi connectivity index (χ1n) is 8.79. The van der Waals surface area contributed by atoms with E-state index in [1.54, 1.807) is 36.4 Å². The molecule has 30 heavy (non-hydrogen) atoms. The third-order valence-electron chi connectivity index (χ3n) is 3.94. The smallest absolute Gasteiger partial charge is 0.262 e. The first kappa shape index (κ1) is 21.5. The zero-order chi connectivity index (χ0) is 21.7.